The first kappa shape index (κ1) is 43.6. The number of alkyl halides is 2. The van der Waals surface area contributed by atoms with Crippen molar-refractivity contribution in [1.29, 1.82) is 0 Å². The highest BCUT2D eigenvalue weighted by Crippen LogP contribution is 2.45. The average Bonchev–Trinajstić information content (AvgIpc) is 3.57. The van der Waals surface area contributed by atoms with E-state index in [4.69, 9.17) is 0 Å². The number of anilines is 3. The van der Waals surface area contributed by atoms with Crippen molar-refractivity contribution >= 4 is 40.6 Å². The maximum Gasteiger partial charge on any atom is 0.255 e. The fourth-order valence-electron chi connectivity index (χ4n) is 11.1. The van der Waals surface area contributed by atoms with Gasteiger partial charge in [0.25, 0.3) is 12.3 Å². The third-order valence-corrected chi connectivity index (χ3v) is 14.2. The number of nitrogens with zero attached hydrogens (tertiary/aromatic N) is 5. The predicted octanol–water partition coefficient (Wildman–Crippen LogP) is 8.40. The fourth-order valence-corrected chi connectivity index (χ4v) is 11.1. The Morgan fingerprint density at radius 1 is 0.952 bits per heavy atom. The van der Waals surface area contributed by atoms with Gasteiger partial charge < -0.3 is 24.8 Å². The summed E-state index contributed by atoms with van der Waals surface area (Å²) in [6.07, 6.45) is 5.16. The number of nitrogens with one attached hydrogen (secondary N) is 1. The minimum Gasteiger partial charge on any atom is -0.371 e. The zero-order chi connectivity index (χ0) is 44.0. The second-order valence-corrected chi connectivity index (χ2v) is 18.0. The van der Waals surface area contributed by atoms with Gasteiger partial charge in [0.15, 0.2) is 5.78 Å². The van der Waals surface area contributed by atoms with Gasteiger partial charge in [-0.2, -0.15) is 0 Å². The number of amides is 1. The van der Waals surface area contributed by atoms with Crippen molar-refractivity contribution < 1.29 is 31.9 Å². The van der Waals surface area contributed by atoms with Gasteiger partial charge in [0.05, 0.1) is 18.6 Å². The molecule has 4 atom stereocenters. The van der Waals surface area contributed by atoms with E-state index in [1.54, 1.807) is 29.3 Å². The molecule has 0 radical (unpaired) electrons. The highest BCUT2D eigenvalue weighted by atomic mass is 19.3. The zero-order valence-electron chi connectivity index (χ0n) is 36.1. The molecule has 2 fully saturated rings. The quantitative estimate of drug-likeness (QED) is 0.162. The molecule has 1 N–H and O–H groups in total. The lowest BCUT2D eigenvalue weighted by Crippen LogP contribution is -2.56. The first-order valence-corrected chi connectivity index (χ1v) is 22.2. The largest absolute Gasteiger partial charge is 0.371 e. The van der Waals surface area contributed by atoms with E-state index in [1.165, 1.54) is 42.1 Å². The van der Waals surface area contributed by atoms with E-state index in [-0.39, 0.29) is 29.5 Å². The van der Waals surface area contributed by atoms with Crippen molar-refractivity contribution in [2.45, 2.75) is 103 Å². The van der Waals surface area contributed by atoms with Crippen LogP contribution in [0.15, 0.2) is 55.8 Å². The Hall–Kier alpha value is -5.01. The lowest BCUT2D eigenvalue weighted by atomic mass is 9.81. The molecule has 3 aromatic rings. The lowest BCUT2D eigenvalue weighted by Gasteiger charge is -2.47. The van der Waals surface area contributed by atoms with E-state index in [1.807, 2.05) is 17.9 Å². The number of hydrogen-bond acceptors (Lipinski definition) is 8. The number of carbonyl (C=O) groups excluding carboxylic acids is 3. The number of benzene rings is 3. The predicted molar refractivity (Wildman–Crippen MR) is 236 cm³/mol. The molecule has 0 aliphatic carbocycles. The SMILES string of the molecule is C=CNc1ccc2c(c1C=C)C[C@@H](C)N(CC(F)F)[C@@H]2c1c(F)cc(N2CCC(CN3CCN4c5ccc6c(c5CCC4C3)CN(C(CCC(C)=O)C(C)=O)C6=O)CC2)cc1F. The van der Waals surface area contributed by atoms with Gasteiger partial charge in [-0.15, -0.1) is 0 Å². The molecule has 9 nitrogen and oxygen atoms in total. The molecule has 0 saturated carbocycles. The molecule has 5 heterocycles. The molecule has 0 bridgehead atoms. The van der Waals surface area contributed by atoms with Crippen LogP contribution in [0.5, 0.6) is 0 Å². The van der Waals surface area contributed by atoms with Crippen molar-refractivity contribution in [2.75, 3.05) is 60.9 Å². The molecule has 0 aromatic heterocycles. The van der Waals surface area contributed by atoms with Crippen molar-refractivity contribution in [1.82, 2.24) is 14.7 Å². The topological polar surface area (TPSA) is 79.4 Å². The molecule has 62 heavy (non-hydrogen) atoms. The summed E-state index contributed by atoms with van der Waals surface area (Å²) in [6.45, 7) is 17.3. The Bertz CT molecular complexity index is 2240. The molecule has 13 heteroatoms. The number of Topliss-reactive ketones (excluding diaryl/α,β-unsaturated/α-hetero) is 2. The van der Waals surface area contributed by atoms with Gasteiger partial charge in [-0.1, -0.05) is 25.3 Å². The highest BCUT2D eigenvalue weighted by molar-refractivity contribution is 6.02. The number of carbonyl (C=O) groups is 3. The second kappa shape index (κ2) is 18.0. The van der Waals surface area contributed by atoms with Crippen LogP contribution in [0.4, 0.5) is 34.6 Å². The fraction of sp³-hybridized carbons (Fsp3) is 0.490. The molecule has 8 rings (SSSR count). The van der Waals surface area contributed by atoms with Crippen molar-refractivity contribution in [3.8, 4) is 0 Å². The normalized spacial score (nSPS) is 22.2. The molecular weight excluding hydrogens is 797 g/mol. The van der Waals surface area contributed by atoms with Gasteiger partial charge in [-0.25, -0.2) is 17.6 Å². The van der Waals surface area contributed by atoms with Crippen LogP contribution in [-0.2, 0) is 29.0 Å². The van der Waals surface area contributed by atoms with E-state index in [0.29, 0.717) is 61.2 Å². The van der Waals surface area contributed by atoms with Gasteiger partial charge in [0, 0.05) is 98.1 Å². The molecule has 330 valence electrons. The second-order valence-electron chi connectivity index (χ2n) is 18.0. The van der Waals surface area contributed by atoms with E-state index >= 15 is 8.78 Å². The molecule has 5 aliphatic rings. The van der Waals surface area contributed by atoms with Gasteiger partial charge in [-0.3, -0.25) is 19.4 Å². The summed E-state index contributed by atoms with van der Waals surface area (Å²) in [5.41, 5.74) is 7.23. The number of piperazine rings is 1. The number of rotatable bonds is 14. The van der Waals surface area contributed by atoms with Crippen LogP contribution in [0.25, 0.3) is 6.08 Å². The first-order valence-electron chi connectivity index (χ1n) is 22.2. The highest BCUT2D eigenvalue weighted by Gasteiger charge is 2.42. The van der Waals surface area contributed by atoms with Crippen LogP contribution < -0.4 is 15.1 Å². The molecule has 2 saturated heterocycles. The number of piperidine rings is 1. The minimum absolute atomic E-state index is 0.00512. The van der Waals surface area contributed by atoms with Crippen LogP contribution >= 0.6 is 0 Å². The maximum absolute atomic E-state index is 16.4. The molecule has 5 aliphatic heterocycles. The van der Waals surface area contributed by atoms with E-state index in [0.717, 1.165) is 74.2 Å². The Morgan fingerprint density at radius 3 is 2.35 bits per heavy atom. The molecule has 0 spiro atoms. The Morgan fingerprint density at radius 2 is 1.69 bits per heavy atom. The molecular formula is C49H58F4N6O3. The van der Waals surface area contributed by atoms with Crippen LogP contribution in [-0.4, -0.2) is 103 Å². The minimum atomic E-state index is -2.68. The monoisotopic (exact) mass is 854 g/mol. The third kappa shape index (κ3) is 8.30. The summed E-state index contributed by atoms with van der Waals surface area (Å²) in [4.78, 5) is 48.1. The van der Waals surface area contributed by atoms with Gasteiger partial charge >= 0.3 is 0 Å². The van der Waals surface area contributed by atoms with E-state index in [9.17, 15) is 23.2 Å². The average molecular weight is 855 g/mol. The zero-order valence-corrected chi connectivity index (χ0v) is 36.1. The van der Waals surface area contributed by atoms with Crippen LogP contribution in [0.2, 0.25) is 0 Å². The van der Waals surface area contributed by atoms with Crippen molar-refractivity contribution in [3.63, 3.8) is 0 Å². The summed E-state index contributed by atoms with van der Waals surface area (Å²) in [5.74, 6) is -1.28. The summed E-state index contributed by atoms with van der Waals surface area (Å²) in [7, 11) is 0. The van der Waals surface area contributed by atoms with Gasteiger partial charge in [0.1, 0.15) is 17.4 Å². The van der Waals surface area contributed by atoms with Crippen molar-refractivity contribution in [3.05, 3.63) is 106 Å². The summed E-state index contributed by atoms with van der Waals surface area (Å²) >= 11 is 0. The smallest absolute Gasteiger partial charge is 0.255 e. The first-order chi connectivity index (χ1) is 29.8. The van der Waals surface area contributed by atoms with Gasteiger partial charge in [-0.05, 0) is 124 Å². The van der Waals surface area contributed by atoms with E-state index < -0.39 is 42.7 Å². The maximum atomic E-state index is 16.4. The molecule has 3 aromatic carbocycles. The molecule has 2 unspecified atom stereocenters. The van der Waals surface area contributed by atoms with Gasteiger partial charge in [0.2, 0.25) is 0 Å². The Labute approximate surface area is 362 Å². The summed E-state index contributed by atoms with van der Waals surface area (Å²) in [5, 5.41) is 3.09. The summed E-state index contributed by atoms with van der Waals surface area (Å²) in [6, 6.07) is 8.58. The lowest BCUT2D eigenvalue weighted by molar-refractivity contribution is -0.122. The number of fused-ring (bicyclic) bond motifs is 6. The third-order valence-electron chi connectivity index (χ3n) is 14.2. The Balaban J connectivity index is 0.913. The van der Waals surface area contributed by atoms with Crippen LogP contribution in [0.1, 0.15) is 103 Å². The van der Waals surface area contributed by atoms with Crippen LogP contribution in [0.3, 0.4) is 0 Å². The standard InChI is InChI=1S/C49H58F4N6O3/c1-6-35-39-22-29(3)58(28-46(52)53)48(37(39)11-13-43(35)54-7-2)47-41(50)23-34(24-42(47)51)56-18-16-32(17-19-56)25-55-20-21-57-33(26-55)9-10-36-40-27-59(44(31(5)61)14-8-30(4)60)49(62)38(40)12-15-45(36)57/h6-7,11-13,15,23-24,29,32-33,44,46,48,54H,1-2,8-10,14,16-22,25-28H2,3-5H3/t29-,33?,44?,48+/m1/s1. The molecule has 1 amide bonds. The summed E-state index contributed by atoms with van der Waals surface area (Å²) < 4.78 is 60.9. The number of ketones is 2. The van der Waals surface area contributed by atoms with Crippen molar-refractivity contribution in [2.24, 2.45) is 5.92 Å². The number of halogens is 4. The Kier molecular flexibility index (Phi) is 12.7. The van der Waals surface area contributed by atoms with E-state index in [2.05, 4.69) is 34.3 Å². The number of hydrogen-bond donors (Lipinski definition) is 1. The van der Waals surface area contributed by atoms with Crippen LogP contribution in [0, 0.1) is 17.6 Å².